The van der Waals surface area contributed by atoms with Crippen LogP contribution in [0.2, 0.25) is 0 Å². The maximum Gasteiger partial charge on any atom is 0.338 e. The zero-order valence-corrected chi connectivity index (χ0v) is 13.8. The van der Waals surface area contributed by atoms with Crippen molar-refractivity contribution in [1.29, 1.82) is 0 Å². The predicted molar refractivity (Wildman–Crippen MR) is 86.7 cm³/mol. The lowest BCUT2D eigenvalue weighted by Gasteiger charge is -2.39. The Morgan fingerprint density at radius 1 is 1.36 bits per heavy atom. The fraction of sp³-hybridized carbons (Fsp3) is 0.611. The molecule has 1 N–H and O–H groups in total. The van der Waals surface area contributed by atoms with Crippen LogP contribution in [0, 0.1) is 5.41 Å². The van der Waals surface area contributed by atoms with Gasteiger partial charge in [0.25, 0.3) is 0 Å². The van der Waals surface area contributed by atoms with Gasteiger partial charge in [-0.15, -0.1) is 0 Å². The van der Waals surface area contributed by atoms with Gasteiger partial charge in [0, 0.05) is 25.1 Å². The molecule has 0 radical (unpaired) electrons. The fourth-order valence-electron chi connectivity index (χ4n) is 2.98. The van der Waals surface area contributed by atoms with E-state index in [2.05, 4.69) is 11.8 Å². The lowest BCUT2D eigenvalue weighted by atomic mass is 9.82. The van der Waals surface area contributed by atoms with Crippen LogP contribution in [0.1, 0.15) is 49.5 Å². The topological polar surface area (TPSA) is 49.8 Å². The summed E-state index contributed by atoms with van der Waals surface area (Å²) in [5.74, 6) is -0.271. The maximum atomic E-state index is 11.8. The minimum Gasteiger partial charge on any atom is -0.459 e. The normalized spacial score (nSPS) is 22.8. The highest BCUT2D eigenvalue weighted by atomic mass is 16.5. The Hall–Kier alpha value is -1.39. The summed E-state index contributed by atoms with van der Waals surface area (Å²) in [5, 5.41) is 9.53. The molecule has 1 aliphatic heterocycles. The van der Waals surface area contributed by atoms with E-state index in [0.717, 1.165) is 32.5 Å². The molecule has 1 aromatic rings. The summed E-state index contributed by atoms with van der Waals surface area (Å²) < 4.78 is 5.19. The third-order valence-corrected chi connectivity index (χ3v) is 4.18. The van der Waals surface area contributed by atoms with E-state index in [-0.39, 0.29) is 24.1 Å². The zero-order chi connectivity index (χ0) is 16.2. The number of aliphatic hydroxyl groups excluding tert-OH is 1. The van der Waals surface area contributed by atoms with Crippen molar-refractivity contribution in [3.05, 3.63) is 35.4 Å². The number of hydrogen-bond donors (Lipinski definition) is 1. The first-order chi connectivity index (χ1) is 10.4. The number of nitrogens with zero attached hydrogens (tertiary/aromatic N) is 1. The Bertz CT molecular complexity index is 498. The van der Waals surface area contributed by atoms with Crippen molar-refractivity contribution >= 4 is 5.97 Å². The van der Waals surface area contributed by atoms with Gasteiger partial charge < -0.3 is 9.84 Å². The number of piperidine rings is 1. The van der Waals surface area contributed by atoms with E-state index in [4.69, 9.17) is 4.74 Å². The number of likely N-dealkylation sites (tertiary alicyclic amines) is 1. The average Bonchev–Trinajstić information content (AvgIpc) is 2.47. The molecule has 4 nitrogen and oxygen atoms in total. The number of aliphatic hydroxyl groups is 1. The molecule has 0 amide bonds. The Labute approximate surface area is 133 Å². The second-order valence-corrected chi connectivity index (χ2v) is 6.93. The van der Waals surface area contributed by atoms with Crippen molar-refractivity contribution in [3.8, 4) is 0 Å². The molecule has 4 heteroatoms. The van der Waals surface area contributed by atoms with Gasteiger partial charge >= 0.3 is 5.97 Å². The lowest BCUT2D eigenvalue weighted by molar-refractivity contribution is 0.0377. The molecule has 1 aromatic carbocycles. The van der Waals surface area contributed by atoms with Crippen LogP contribution < -0.4 is 0 Å². The number of hydrogen-bond acceptors (Lipinski definition) is 4. The first kappa shape index (κ1) is 17.0. The zero-order valence-electron chi connectivity index (χ0n) is 13.8. The van der Waals surface area contributed by atoms with E-state index < -0.39 is 0 Å². The molecule has 0 aliphatic carbocycles. The van der Waals surface area contributed by atoms with Crippen LogP contribution in [-0.4, -0.2) is 41.8 Å². The molecule has 0 bridgehead atoms. The fourth-order valence-corrected chi connectivity index (χ4v) is 2.98. The van der Waals surface area contributed by atoms with Gasteiger partial charge in [-0.25, -0.2) is 4.79 Å². The third kappa shape index (κ3) is 4.55. The molecular weight excluding hydrogens is 278 g/mol. The van der Waals surface area contributed by atoms with E-state index in [0.29, 0.717) is 5.56 Å². The molecular formula is C18H27NO3. The van der Waals surface area contributed by atoms with E-state index >= 15 is 0 Å². The highest BCUT2D eigenvalue weighted by molar-refractivity contribution is 5.89. The second-order valence-electron chi connectivity index (χ2n) is 6.93. The Balaban J connectivity index is 1.95. The molecule has 2 rings (SSSR count). The molecule has 1 unspecified atom stereocenters. The summed E-state index contributed by atoms with van der Waals surface area (Å²) in [4.78, 5) is 14.2. The van der Waals surface area contributed by atoms with Gasteiger partial charge in [-0.1, -0.05) is 19.1 Å². The van der Waals surface area contributed by atoms with E-state index in [1.54, 1.807) is 0 Å². The summed E-state index contributed by atoms with van der Waals surface area (Å²) in [6, 6.07) is 7.63. The molecule has 1 fully saturated rings. The number of rotatable bonds is 5. The summed E-state index contributed by atoms with van der Waals surface area (Å²) in [6.07, 6.45) is 2.10. The van der Waals surface area contributed by atoms with Gasteiger partial charge in [-0.3, -0.25) is 4.90 Å². The molecule has 0 spiro atoms. The molecule has 0 aromatic heterocycles. The van der Waals surface area contributed by atoms with Crippen LogP contribution in [0.25, 0.3) is 0 Å². The number of benzene rings is 1. The first-order valence-electron chi connectivity index (χ1n) is 8.05. The minimum absolute atomic E-state index is 0.0132. The molecule has 1 atom stereocenters. The van der Waals surface area contributed by atoms with Gasteiger partial charge in [0.15, 0.2) is 0 Å². The van der Waals surface area contributed by atoms with Crippen molar-refractivity contribution in [3.63, 3.8) is 0 Å². The van der Waals surface area contributed by atoms with Crippen molar-refractivity contribution in [2.24, 2.45) is 5.41 Å². The summed E-state index contributed by atoms with van der Waals surface area (Å²) in [7, 11) is 0. The van der Waals surface area contributed by atoms with Gasteiger partial charge in [0.05, 0.1) is 11.7 Å². The van der Waals surface area contributed by atoms with Crippen LogP contribution in [0.15, 0.2) is 24.3 Å². The molecule has 1 aliphatic rings. The van der Waals surface area contributed by atoms with Crippen LogP contribution >= 0.6 is 0 Å². The average molecular weight is 305 g/mol. The number of carbonyl (C=O) groups excluding carboxylic acids is 1. The van der Waals surface area contributed by atoms with Crippen LogP contribution in [0.3, 0.4) is 0 Å². The number of esters is 1. The molecule has 1 saturated heterocycles. The van der Waals surface area contributed by atoms with Gasteiger partial charge in [0.2, 0.25) is 0 Å². The monoisotopic (exact) mass is 305 g/mol. The predicted octanol–water partition coefficient (Wildman–Crippen LogP) is 2.85. The summed E-state index contributed by atoms with van der Waals surface area (Å²) in [6.45, 7) is 8.91. The number of carbonyl (C=O) groups is 1. The highest BCUT2D eigenvalue weighted by Gasteiger charge is 2.30. The summed E-state index contributed by atoms with van der Waals surface area (Å²) >= 11 is 0. The number of ether oxygens (including phenoxy) is 1. The standard InChI is InChI=1S/C18H27NO3/c1-14(2)22-17(21)16-7-5-15(6-8-16)11-19-10-4-9-18(3,12-19)13-20/h5-8,14,20H,4,9-13H2,1-3H3. The Morgan fingerprint density at radius 2 is 2.05 bits per heavy atom. The van der Waals surface area contributed by atoms with Gasteiger partial charge in [0.1, 0.15) is 0 Å². The molecule has 22 heavy (non-hydrogen) atoms. The second kappa shape index (κ2) is 7.25. The Morgan fingerprint density at radius 3 is 2.64 bits per heavy atom. The summed E-state index contributed by atoms with van der Waals surface area (Å²) in [5.41, 5.74) is 1.79. The smallest absolute Gasteiger partial charge is 0.338 e. The quantitative estimate of drug-likeness (QED) is 0.850. The Kier molecular flexibility index (Phi) is 5.59. The van der Waals surface area contributed by atoms with Gasteiger partial charge in [-0.2, -0.15) is 0 Å². The van der Waals surface area contributed by atoms with Crippen LogP contribution in [-0.2, 0) is 11.3 Å². The molecule has 1 heterocycles. The minimum atomic E-state index is -0.271. The van der Waals surface area contributed by atoms with Crippen LogP contribution in [0.4, 0.5) is 0 Å². The molecule has 122 valence electrons. The largest absolute Gasteiger partial charge is 0.459 e. The third-order valence-electron chi connectivity index (χ3n) is 4.18. The molecule has 0 saturated carbocycles. The lowest BCUT2D eigenvalue weighted by Crippen LogP contribution is -2.43. The van der Waals surface area contributed by atoms with E-state index in [9.17, 15) is 9.90 Å². The van der Waals surface area contributed by atoms with Gasteiger partial charge in [-0.05, 0) is 50.9 Å². The van der Waals surface area contributed by atoms with Crippen LogP contribution in [0.5, 0.6) is 0 Å². The SMILES string of the molecule is CC(C)OC(=O)c1ccc(CN2CCCC(C)(CO)C2)cc1. The maximum absolute atomic E-state index is 11.8. The first-order valence-corrected chi connectivity index (χ1v) is 8.05. The van der Waals surface area contributed by atoms with Crippen molar-refractivity contribution in [2.75, 3.05) is 19.7 Å². The van der Waals surface area contributed by atoms with Crippen molar-refractivity contribution < 1.29 is 14.6 Å². The highest BCUT2D eigenvalue weighted by Crippen LogP contribution is 2.29. The van der Waals surface area contributed by atoms with E-state index in [1.807, 2.05) is 38.1 Å². The van der Waals surface area contributed by atoms with Crippen molar-refractivity contribution in [2.45, 2.75) is 46.3 Å². The van der Waals surface area contributed by atoms with E-state index in [1.165, 1.54) is 5.56 Å². The van der Waals surface area contributed by atoms with Crippen molar-refractivity contribution in [1.82, 2.24) is 4.90 Å².